The predicted octanol–water partition coefficient (Wildman–Crippen LogP) is 2.36. The van der Waals surface area contributed by atoms with E-state index in [0.29, 0.717) is 6.61 Å². The topological polar surface area (TPSA) is 63.6 Å². The van der Waals surface area contributed by atoms with Gasteiger partial charge in [-0.1, -0.05) is 18.2 Å². The average Bonchev–Trinajstić information content (AvgIpc) is 2.35. The number of hydrogen-bond donors (Lipinski definition) is 1. The highest BCUT2D eigenvalue weighted by molar-refractivity contribution is 5.87. The molecule has 0 saturated carbocycles. The van der Waals surface area contributed by atoms with E-state index in [2.05, 4.69) is 0 Å². The summed E-state index contributed by atoms with van der Waals surface area (Å²) in [7, 11) is 0. The van der Waals surface area contributed by atoms with Crippen molar-refractivity contribution in [1.29, 1.82) is 0 Å². The molecule has 0 aromatic heterocycles. The van der Waals surface area contributed by atoms with Crippen LogP contribution in [0.3, 0.4) is 0 Å². The number of carboxylic acids is 1. The normalized spacial score (nSPS) is 10.9. The summed E-state index contributed by atoms with van der Waals surface area (Å²) in [6.45, 7) is 2.08. The molecule has 18 heavy (non-hydrogen) atoms. The van der Waals surface area contributed by atoms with Gasteiger partial charge in [0.2, 0.25) is 0 Å². The Hall–Kier alpha value is -2.36. The molecule has 0 aliphatic heterocycles. The van der Waals surface area contributed by atoms with Crippen molar-refractivity contribution < 1.29 is 19.4 Å². The molecular formula is C14H14O4. The van der Waals surface area contributed by atoms with Crippen LogP contribution in [0.1, 0.15) is 18.1 Å². The van der Waals surface area contributed by atoms with Gasteiger partial charge in [0, 0.05) is 12.2 Å². The molecule has 0 aliphatic rings. The molecule has 0 atom stereocenters. The lowest BCUT2D eigenvalue weighted by Crippen LogP contribution is -1.98. The fourth-order valence-corrected chi connectivity index (χ4v) is 1.29. The number of benzene rings is 1. The summed E-state index contributed by atoms with van der Waals surface area (Å²) in [5.74, 6) is -1.40. The van der Waals surface area contributed by atoms with E-state index in [1.54, 1.807) is 31.2 Å². The third-order valence-corrected chi connectivity index (χ3v) is 2.03. The minimum absolute atomic E-state index is 0.338. The van der Waals surface area contributed by atoms with Gasteiger partial charge in [0.15, 0.2) is 0 Å². The first-order valence-electron chi connectivity index (χ1n) is 5.47. The van der Waals surface area contributed by atoms with E-state index in [1.807, 2.05) is 6.07 Å². The van der Waals surface area contributed by atoms with Crippen molar-refractivity contribution in [2.75, 3.05) is 6.61 Å². The summed E-state index contributed by atoms with van der Waals surface area (Å²) in [5, 5.41) is 8.52. The molecule has 0 heterocycles. The fraction of sp³-hybridized carbons (Fsp3) is 0.143. The summed E-state index contributed by atoms with van der Waals surface area (Å²) >= 11 is 0. The highest BCUT2D eigenvalue weighted by Gasteiger charge is 1.95. The van der Waals surface area contributed by atoms with Crippen molar-refractivity contribution in [3.8, 4) is 0 Å². The number of rotatable bonds is 5. The van der Waals surface area contributed by atoms with Crippen molar-refractivity contribution in [2.45, 2.75) is 6.92 Å². The van der Waals surface area contributed by atoms with Crippen LogP contribution in [0.4, 0.5) is 0 Å². The van der Waals surface area contributed by atoms with Gasteiger partial charge in [-0.25, -0.2) is 9.59 Å². The van der Waals surface area contributed by atoms with Gasteiger partial charge >= 0.3 is 11.9 Å². The number of esters is 1. The Morgan fingerprint density at radius 1 is 1.22 bits per heavy atom. The Kier molecular flexibility index (Phi) is 5.38. The Balaban J connectivity index is 2.76. The third kappa shape index (κ3) is 5.12. The zero-order chi connectivity index (χ0) is 13.4. The summed E-state index contributed by atoms with van der Waals surface area (Å²) in [4.78, 5) is 21.5. The molecule has 1 rings (SSSR count). The van der Waals surface area contributed by atoms with Gasteiger partial charge in [0.25, 0.3) is 0 Å². The summed E-state index contributed by atoms with van der Waals surface area (Å²) in [5.41, 5.74) is 1.55. The molecule has 94 valence electrons. The Bertz CT molecular complexity index is 486. The zero-order valence-corrected chi connectivity index (χ0v) is 10.00. The van der Waals surface area contributed by atoms with Crippen LogP contribution in [0.15, 0.2) is 36.4 Å². The summed E-state index contributed by atoms with van der Waals surface area (Å²) < 4.78 is 4.76. The van der Waals surface area contributed by atoms with Gasteiger partial charge in [0.05, 0.1) is 6.61 Å². The predicted molar refractivity (Wildman–Crippen MR) is 68.8 cm³/mol. The molecule has 0 radical (unpaired) electrons. The maximum atomic E-state index is 11.1. The number of carboxylic acid groups (broad SMARTS) is 1. The van der Waals surface area contributed by atoms with Crippen molar-refractivity contribution in [3.05, 3.63) is 47.5 Å². The van der Waals surface area contributed by atoms with Gasteiger partial charge < -0.3 is 9.84 Å². The fourth-order valence-electron chi connectivity index (χ4n) is 1.29. The summed E-state index contributed by atoms with van der Waals surface area (Å²) in [6.07, 6.45) is 5.51. The first-order valence-corrected chi connectivity index (χ1v) is 5.47. The van der Waals surface area contributed by atoms with Gasteiger partial charge in [-0.2, -0.15) is 0 Å². The number of hydrogen-bond acceptors (Lipinski definition) is 3. The molecule has 0 spiro atoms. The standard InChI is InChI=1S/C14H14O4/c1-2-18-14(17)9-7-12-5-3-4-11(10-12)6-8-13(15)16/h3-10H,2H2,1H3,(H,15,16)/b8-6+,9-7+. The molecule has 0 amide bonds. The van der Waals surface area contributed by atoms with Crippen LogP contribution >= 0.6 is 0 Å². The molecule has 0 aliphatic carbocycles. The quantitative estimate of drug-likeness (QED) is 0.640. The molecule has 1 aromatic rings. The minimum Gasteiger partial charge on any atom is -0.478 e. The third-order valence-electron chi connectivity index (χ3n) is 2.03. The number of aliphatic carboxylic acids is 1. The number of carbonyl (C=O) groups is 2. The van der Waals surface area contributed by atoms with Crippen LogP contribution in [0.5, 0.6) is 0 Å². The summed E-state index contributed by atoms with van der Waals surface area (Å²) in [6, 6.07) is 7.15. The maximum absolute atomic E-state index is 11.1. The first-order chi connectivity index (χ1) is 8.61. The Labute approximate surface area is 105 Å². The van der Waals surface area contributed by atoms with Crippen LogP contribution < -0.4 is 0 Å². The van der Waals surface area contributed by atoms with Gasteiger partial charge in [-0.15, -0.1) is 0 Å². The zero-order valence-electron chi connectivity index (χ0n) is 10.00. The van der Waals surface area contributed by atoms with Crippen LogP contribution in [0, 0.1) is 0 Å². The average molecular weight is 246 g/mol. The number of carbonyl (C=O) groups excluding carboxylic acids is 1. The Morgan fingerprint density at radius 3 is 2.39 bits per heavy atom. The lowest BCUT2D eigenvalue weighted by atomic mass is 10.1. The lowest BCUT2D eigenvalue weighted by molar-refractivity contribution is -0.137. The van der Waals surface area contributed by atoms with Crippen molar-refractivity contribution >= 4 is 24.1 Å². The molecule has 0 unspecified atom stereocenters. The van der Waals surface area contributed by atoms with Crippen LogP contribution in [0.2, 0.25) is 0 Å². The first kappa shape index (κ1) is 13.7. The second-order valence-electron chi connectivity index (χ2n) is 3.43. The number of ether oxygens (including phenoxy) is 1. The van der Waals surface area contributed by atoms with Gasteiger partial charge in [-0.05, 0) is 36.3 Å². The molecule has 0 saturated heterocycles. The van der Waals surface area contributed by atoms with Crippen molar-refractivity contribution in [1.82, 2.24) is 0 Å². The van der Waals surface area contributed by atoms with Gasteiger partial charge in [-0.3, -0.25) is 0 Å². The van der Waals surface area contributed by atoms with E-state index < -0.39 is 11.9 Å². The minimum atomic E-state index is -0.998. The highest BCUT2D eigenvalue weighted by Crippen LogP contribution is 2.09. The SMILES string of the molecule is CCOC(=O)/C=C/c1cccc(/C=C/C(=O)O)c1. The lowest BCUT2D eigenvalue weighted by Gasteiger charge is -1.97. The van der Waals surface area contributed by atoms with Crippen LogP contribution in [-0.4, -0.2) is 23.7 Å². The van der Waals surface area contributed by atoms with Crippen LogP contribution in [-0.2, 0) is 14.3 Å². The van der Waals surface area contributed by atoms with E-state index in [0.717, 1.165) is 17.2 Å². The second-order valence-corrected chi connectivity index (χ2v) is 3.43. The molecule has 4 nitrogen and oxygen atoms in total. The van der Waals surface area contributed by atoms with Crippen molar-refractivity contribution in [3.63, 3.8) is 0 Å². The highest BCUT2D eigenvalue weighted by atomic mass is 16.5. The van der Waals surface area contributed by atoms with Crippen LogP contribution in [0.25, 0.3) is 12.2 Å². The maximum Gasteiger partial charge on any atom is 0.330 e. The Morgan fingerprint density at radius 2 is 1.83 bits per heavy atom. The largest absolute Gasteiger partial charge is 0.478 e. The van der Waals surface area contributed by atoms with E-state index >= 15 is 0 Å². The smallest absolute Gasteiger partial charge is 0.330 e. The molecule has 0 fully saturated rings. The molecule has 1 aromatic carbocycles. The van der Waals surface area contributed by atoms with E-state index in [1.165, 1.54) is 12.2 Å². The molecule has 1 N–H and O–H groups in total. The second kappa shape index (κ2) is 7.06. The van der Waals surface area contributed by atoms with E-state index in [4.69, 9.17) is 9.84 Å². The molecule has 4 heteroatoms. The van der Waals surface area contributed by atoms with E-state index in [-0.39, 0.29) is 0 Å². The monoisotopic (exact) mass is 246 g/mol. The molecular weight excluding hydrogens is 232 g/mol. The van der Waals surface area contributed by atoms with E-state index in [9.17, 15) is 9.59 Å². The molecule has 0 bridgehead atoms. The van der Waals surface area contributed by atoms with Crippen molar-refractivity contribution in [2.24, 2.45) is 0 Å². The van der Waals surface area contributed by atoms with Gasteiger partial charge in [0.1, 0.15) is 0 Å².